The zero-order chi connectivity index (χ0) is 13.2. The Kier molecular flexibility index (Phi) is 3.17. The van der Waals surface area contributed by atoms with E-state index in [1.807, 2.05) is 24.3 Å². The van der Waals surface area contributed by atoms with Crippen molar-refractivity contribution < 1.29 is 4.39 Å². The molecule has 0 bridgehead atoms. The molecule has 0 radical (unpaired) electrons. The number of hydrogen-bond acceptors (Lipinski definition) is 2. The van der Waals surface area contributed by atoms with Gasteiger partial charge in [-0.15, -0.1) is 0 Å². The van der Waals surface area contributed by atoms with Crippen LogP contribution in [0.3, 0.4) is 0 Å². The van der Waals surface area contributed by atoms with Crippen LogP contribution in [0, 0.1) is 5.82 Å². The molecular formula is C15H10BrFN2. The Hall–Kier alpha value is -1.94. The molecule has 4 heteroatoms. The third kappa shape index (κ3) is 2.58. The van der Waals surface area contributed by atoms with Gasteiger partial charge in [0.1, 0.15) is 5.82 Å². The van der Waals surface area contributed by atoms with Gasteiger partial charge in [0.2, 0.25) is 0 Å². The van der Waals surface area contributed by atoms with E-state index in [2.05, 4.69) is 26.2 Å². The van der Waals surface area contributed by atoms with Crippen molar-refractivity contribution in [2.24, 2.45) is 0 Å². The van der Waals surface area contributed by atoms with Crippen LogP contribution in [0.5, 0.6) is 0 Å². The molecule has 0 unspecified atom stereocenters. The van der Waals surface area contributed by atoms with E-state index in [0.717, 1.165) is 26.8 Å². The van der Waals surface area contributed by atoms with E-state index in [1.165, 1.54) is 12.1 Å². The molecule has 0 fully saturated rings. The summed E-state index contributed by atoms with van der Waals surface area (Å²) >= 11 is 3.43. The van der Waals surface area contributed by atoms with Gasteiger partial charge in [0.15, 0.2) is 0 Å². The Morgan fingerprint density at radius 2 is 1.79 bits per heavy atom. The van der Waals surface area contributed by atoms with Gasteiger partial charge in [0.25, 0.3) is 0 Å². The molecule has 0 saturated carbocycles. The predicted molar refractivity (Wildman–Crippen MR) is 79.1 cm³/mol. The van der Waals surface area contributed by atoms with Crippen molar-refractivity contribution in [3.8, 4) is 0 Å². The summed E-state index contributed by atoms with van der Waals surface area (Å²) in [7, 11) is 0. The quantitative estimate of drug-likeness (QED) is 0.728. The number of nitrogens with one attached hydrogen (secondary N) is 1. The monoisotopic (exact) mass is 316 g/mol. The summed E-state index contributed by atoms with van der Waals surface area (Å²) in [6.07, 6.45) is 1.75. The first-order chi connectivity index (χ1) is 9.22. The number of benzene rings is 2. The zero-order valence-electron chi connectivity index (χ0n) is 9.90. The summed E-state index contributed by atoms with van der Waals surface area (Å²) in [5.41, 5.74) is 2.70. The number of halogens is 2. The van der Waals surface area contributed by atoms with Crippen molar-refractivity contribution in [1.29, 1.82) is 0 Å². The highest BCUT2D eigenvalue weighted by Gasteiger charge is 2.03. The molecule has 0 spiro atoms. The highest BCUT2D eigenvalue weighted by molar-refractivity contribution is 9.10. The molecule has 3 aromatic rings. The van der Waals surface area contributed by atoms with Gasteiger partial charge in [-0.05, 0) is 48.5 Å². The van der Waals surface area contributed by atoms with E-state index in [0.29, 0.717) is 0 Å². The molecule has 2 aromatic carbocycles. The Balaban J connectivity index is 2.03. The first-order valence-electron chi connectivity index (χ1n) is 5.79. The number of nitrogens with zero attached hydrogens (tertiary/aromatic N) is 1. The lowest BCUT2D eigenvalue weighted by Gasteiger charge is -2.09. The van der Waals surface area contributed by atoms with Crippen molar-refractivity contribution in [2.45, 2.75) is 0 Å². The minimum atomic E-state index is -0.242. The topological polar surface area (TPSA) is 24.9 Å². The van der Waals surface area contributed by atoms with Crippen molar-refractivity contribution in [3.63, 3.8) is 0 Å². The summed E-state index contributed by atoms with van der Waals surface area (Å²) in [5.74, 6) is -0.242. The summed E-state index contributed by atoms with van der Waals surface area (Å²) in [4.78, 5) is 4.33. The van der Waals surface area contributed by atoms with Gasteiger partial charge in [0, 0.05) is 27.4 Å². The van der Waals surface area contributed by atoms with Gasteiger partial charge in [-0.25, -0.2) is 4.39 Å². The van der Waals surface area contributed by atoms with Crippen LogP contribution in [0.2, 0.25) is 0 Å². The maximum absolute atomic E-state index is 12.9. The van der Waals surface area contributed by atoms with Crippen LogP contribution in [0.15, 0.2) is 59.2 Å². The van der Waals surface area contributed by atoms with Crippen molar-refractivity contribution in [2.75, 3.05) is 5.32 Å². The number of hydrogen-bond donors (Lipinski definition) is 1. The standard InChI is InChI=1S/C15H10BrFN2/c16-10-1-6-13-14(7-8-18-15(13)9-10)19-12-4-2-11(17)3-5-12/h1-9H,(H,18,19). The third-order valence-corrected chi connectivity index (χ3v) is 3.32. The van der Waals surface area contributed by atoms with Crippen LogP contribution in [-0.2, 0) is 0 Å². The Morgan fingerprint density at radius 1 is 1.00 bits per heavy atom. The first kappa shape index (κ1) is 12.1. The zero-order valence-corrected chi connectivity index (χ0v) is 11.5. The van der Waals surface area contributed by atoms with E-state index < -0.39 is 0 Å². The molecule has 0 amide bonds. The minimum Gasteiger partial charge on any atom is -0.355 e. The van der Waals surface area contributed by atoms with Gasteiger partial charge in [-0.1, -0.05) is 15.9 Å². The minimum absolute atomic E-state index is 0.242. The normalized spacial score (nSPS) is 10.6. The van der Waals surface area contributed by atoms with Crippen LogP contribution in [0.25, 0.3) is 10.9 Å². The van der Waals surface area contributed by atoms with Gasteiger partial charge >= 0.3 is 0 Å². The van der Waals surface area contributed by atoms with Crippen molar-refractivity contribution in [1.82, 2.24) is 4.98 Å². The van der Waals surface area contributed by atoms with E-state index in [9.17, 15) is 4.39 Å². The predicted octanol–water partition coefficient (Wildman–Crippen LogP) is 4.88. The fourth-order valence-corrected chi connectivity index (χ4v) is 2.27. The number of fused-ring (bicyclic) bond motifs is 1. The number of aromatic nitrogens is 1. The highest BCUT2D eigenvalue weighted by Crippen LogP contribution is 2.27. The number of rotatable bonds is 2. The lowest BCUT2D eigenvalue weighted by molar-refractivity contribution is 0.628. The highest BCUT2D eigenvalue weighted by atomic mass is 79.9. The van der Waals surface area contributed by atoms with Gasteiger partial charge < -0.3 is 5.32 Å². The molecule has 1 aromatic heterocycles. The van der Waals surface area contributed by atoms with Gasteiger partial charge in [-0.2, -0.15) is 0 Å². The lowest BCUT2D eigenvalue weighted by atomic mass is 10.2. The van der Waals surface area contributed by atoms with E-state index in [4.69, 9.17) is 0 Å². The summed E-state index contributed by atoms with van der Waals surface area (Å²) in [5, 5.41) is 4.29. The summed E-state index contributed by atoms with van der Waals surface area (Å²) < 4.78 is 13.9. The molecule has 19 heavy (non-hydrogen) atoms. The van der Waals surface area contributed by atoms with Crippen LogP contribution in [-0.4, -0.2) is 4.98 Å². The van der Waals surface area contributed by atoms with E-state index in [1.54, 1.807) is 18.3 Å². The molecule has 2 nitrogen and oxygen atoms in total. The molecule has 0 atom stereocenters. The molecule has 1 heterocycles. The lowest BCUT2D eigenvalue weighted by Crippen LogP contribution is -1.92. The Morgan fingerprint density at radius 3 is 2.58 bits per heavy atom. The molecule has 3 rings (SSSR count). The maximum Gasteiger partial charge on any atom is 0.123 e. The molecule has 1 N–H and O–H groups in total. The summed E-state index contributed by atoms with van der Waals surface area (Å²) in [6.45, 7) is 0. The van der Waals surface area contributed by atoms with E-state index >= 15 is 0 Å². The molecular weight excluding hydrogens is 307 g/mol. The number of pyridine rings is 1. The second kappa shape index (κ2) is 4.97. The Bertz CT molecular complexity index is 726. The second-order valence-electron chi connectivity index (χ2n) is 4.15. The van der Waals surface area contributed by atoms with Crippen molar-refractivity contribution in [3.05, 3.63) is 65.0 Å². The average molecular weight is 317 g/mol. The third-order valence-electron chi connectivity index (χ3n) is 2.83. The van der Waals surface area contributed by atoms with Crippen LogP contribution < -0.4 is 5.32 Å². The Labute approximate surface area is 118 Å². The fourth-order valence-electron chi connectivity index (χ4n) is 1.92. The van der Waals surface area contributed by atoms with Gasteiger partial charge in [0.05, 0.1) is 5.52 Å². The molecule has 94 valence electrons. The largest absolute Gasteiger partial charge is 0.355 e. The van der Waals surface area contributed by atoms with E-state index in [-0.39, 0.29) is 5.82 Å². The first-order valence-corrected chi connectivity index (χ1v) is 6.58. The molecule has 0 aliphatic rings. The SMILES string of the molecule is Fc1ccc(Nc2ccnc3cc(Br)ccc23)cc1. The van der Waals surface area contributed by atoms with Gasteiger partial charge in [-0.3, -0.25) is 4.98 Å². The van der Waals surface area contributed by atoms with Crippen LogP contribution in [0.4, 0.5) is 15.8 Å². The second-order valence-corrected chi connectivity index (χ2v) is 5.07. The van der Waals surface area contributed by atoms with Crippen molar-refractivity contribution >= 4 is 38.2 Å². The molecule has 0 saturated heterocycles. The fraction of sp³-hybridized carbons (Fsp3) is 0. The molecule has 0 aliphatic heterocycles. The number of anilines is 2. The average Bonchev–Trinajstić information content (AvgIpc) is 2.41. The molecule has 0 aliphatic carbocycles. The smallest absolute Gasteiger partial charge is 0.123 e. The maximum atomic E-state index is 12.9. The van der Waals surface area contributed by atoms with Crippen LogP contribution >= 0.6 is 15.9 Å². The summed E-state index contributed by atoms with van der Waals surface area (Å²) in [6, 6.07) is 14.1. The van der Waals surface area contributed by atoms with Crippen LogP contribution in [0.1, 0.15) is 0 Å².